The van der Waals surface area contributed by atoms with Crippen molar-refractivity contribution >= 4 is 6.29 Å². The molecule has 0 bridgehead atoms. The van der Waals surface area contributed by atoms with E-state index in [-0.39, 0.29) is 6.42 Å². The molecule has 0 aromatic heterocycles. The van der Waals surface area contributed by atoms with Crippen molar-refractivity contribution in [1.29, 1.82) is 0 Å². The Kier molecular flexibility index (Phi) is 4.17. The topological polar surface area (TPSA) is 57.5 Å². The molecule has 0 heterocycles. The molecule has 0 aromatic carbocycles. The highest BCUT2D eigenvalue weighted by Gasteiger charge is 2.14. The molecule has 0 aliphatic rings. The third kappa shape index (κ3) is 3.16. The Bertz CT molecular complexity index is 86.3. The molecule has 3 nitrogen and oxygen atoms in total. The van der Waals surface area contributed by atoms with Crippen molar-refractivity contribution < 1.29 is 19.4 Å². The lowest BCUT2D eigenvalue weighted by Gasteiger charge is -2.10. The highest BCUT2D eigenvalue weighted by atomic mass is 19.1. The van der Waals surface area contributed by atoms with Gasteiger partial charge < -0.3 is 15.0 Å². The van der Waals surface area contributed by atoms with Crippen LogP contribution in [0.4, 0.5) is 4.39 Å². The minimum absolute atomic E-state index is 0.217. The molecule has 0 amide bonds. The van der Waals surface area contributed by atoms with Crippen LogP contribution >= 0.6 is 0 Å². The summed E-state index contributed by atoms with van der Waals surface area (Å²) in [6.07, 6.45) is -2.46. The molecular weight excluding hydrogens is 127 g/mol. The van der Waals surface area contributed by atoms with Gasteiger partial charge in [0.15, 0.2) is 0 Å². The van der Waals surface area contributed by atoms with Crippen LogP contribution in [0.5, 0.6) is 0 Å². The van der Waals surface area contributed by atoms with Gasteiger partial charge in [0.05, 0.1) is 6.10 Å². The summed E-state index contributed by atoms with van der Waals surface area (Å²) >= 11 is 0. The monoisotopic (exact) mass is 136 g/mol. The molecule has 2 atom stereocenters. The maximum absolute atomic E-state index is 11.4. The van der Waals surface area contributed by atoms with Crippen LogP contribution in [-0.2, 0) is 4.79 Å². The van der Waals surface area contributed by atoms with Crippen molar-refractivity contribution in [2.24, 2.45) is 0 Å². The first-order valence-corrected chi connectivity index (χ1v) is 2.58. The lowest BCUT2D eigenvalue weighted by Crippen LogP contribution is -2.27. The average molecular weight is 136 g/mol. The van der Waals surface area contributed by atoms with E-state index in [4.69, 9.17) is 10.2 Å². The number of carbonyl (C=O) groups excluding carboxylic acids is 1. The Hall–Kier alpha value is -0.480. The Morgan fingerprint density at radius 2 is 2.00 bits per heavy atom. The number of alkyl halides is 1. The molecule has 54 valence electrons. The van der Waals surface area contributed by atoms with Gasteiger partial charge in [0, 0.05) is 6.42 Å². The van der Waals surface area contributed by atoms with Crippen LogP contribution in [0.1, 0.15) is 6.42 Å². The van der Waals surface area contributed by atoms with Gasteiger partial charge in [-0.2, -0.15) is 0 Å². The molecule has 0 aromatic rings. The van der Waals surface area contributed by atoms with Crippen molar-refractivity contribution in [3.63, 3.8) is 0 Å². The number of aldehydes is 1. The van der Waals surface area contributed by atoms with E-state index in [9.17, 15) is 9.18 Å². The summed E-state index contributed by atoms with van der Waals surface area (Å²) in [6, 6.07) is 0. The van der Waals surface area contributed by atoms with Crippen molar-refractivity contribution in [2.45, 2.75) is 18.6 Å². The highest BCUT2D eigenvalue weighted by Crippen LogP contribution is 1.96. The largest absolute Gasteiger partial charge is 0.390 e. The first-order chi connectivity index (χ1) is 4.22. The van der Waals surface area contributed by atoms with Gasteiger partial charge in [0.2, 0.25) is 0 Å². The third-order valence-electron chi connectivity index (χ3n) is 0.940. The Morgan fingerprint density at radius 3 is 2.33 bits per heavy atom. The molecule has 0 rings (SSSR count). The van der Waals surface area contributed by atoms with E-state index < -0.39 is 18.9 Å². The standard InChI is InChI=1S/C5H9FO3/c6-3-5(9)4(8)1-2-7/h2,4-5,8-9H,1,3H2/t4-,5-/m1/s1. The minimum atomic E-state index is -1.42. The summed E-state index contributed by atoms with van der Waals surface area (Å²) in [6.45, 7) is -1.02. The van der Waals surface area contributed by atoms with E-state index in [2.05, 4.69) is 0 Å². The van der Waals surface area contributed by atoms with Gasteiger partial charge in [0.1, 0.15) is 19.1 Å². The summed E-state index contributed by atoms with van der Waals surface area (Å²) in [5.74, 6) is 0. The van der Waals surface area contributed by atoms with Gasteiger partial charge in [-0.25, -0.2) is 4.39 Å². The summed E-state index contributed by atoms with van der Waals surface area (Å²) in [5.41, 5.74) is 0. The van der Waals surface area contributed by atoms with Gasteiger partial charge in [-0.05, 0) is 0 Å². The fourth-order valence-electron chi connectivity index (χ4n) is 0.359. The number of aliphatic hydroxyl groups excluding tert-OH is 2. The van der Waals surface area contributed by atoms with Gasteiger partial charge in [0.25, 0.3) is 0 Å². The first kappa shape index (κ1) is 8.52. The lowest BCUT2D eigenvalue weighted by molar-refractivity contribution is -0.111. The van der Waals surface area contributed by atoms with E-state index in [1.165, 1.54) is 0 Å². The number of aliphatic hydroxyl groups is 2. The summed E-state index contributed by atoms with van der Waals surface area (Å²) < 4.78 is 11.4. The number of hydrogen-bond donors (Lipinski definition) is 2. The molecule has 0 radical (unpaired) electrons. The van der Waals surface area contributed by atoms with Crippen molar-refractivity contribution in [1.82, 2.24) is 0 Å². The zero-order chi connectivity index (χ0) is 7.28. The molecule has 0 aliphatic carbocycles. The van der Waals surface area contributed by atoms with Crippen molar-refractivity contribution in [2.75, 3.05) is 6.67 Å². The van der Waals surface area contributed by atoms with Crippen LogP contribution < -0.4 is 0 Å². The molecular formula is C5H9FO3. The molecule has 0 spiro atoms. The maximum atomic E-state index is 11.4. The van der Waals surface area contributed by atoms with Crippen LogP contribution in [0, 0.1) is 0 Å². The summed E-state index contributed by atoms with van der Waals surface area (Å²) in [4.78, 5) is 9.64. The zero-order valence-corrected chi connectivity index (χ0v) is 4.83. The third-order valence-corrected chi connectivity index (χ3v) is 0.940. The smallest absolute Gasteiger partial charge is 0.122 e. The van der Waals surface area contributed by atoms with E-state index in [0.717, 1.165) is 0 Å². The van der Waals surface area contributed by atoms with E-state index >= 15 is 0 Å². The fourth-order valence-corrected chi connectivity index (χ4v) is 0.359. The molecule has 0 aliphatic heterocycles. The van der Waals surface area contributed by atoms with Crippen molar-refractivity contribution in [3.05, 3.63) is 0 Å². The van der Waals surface area contributed by atoms with Crippen molar-refractivity contribution in [3.8, 4) is 0 Å². The summed E-state index contributed by atoms with van der Waals surface area (Å²) in [5, 5.41) is 17.1. The SMILES string of the molecule is O=CC[C@@H](O)[C@H](O)CF. The number of rotatable bonds is 4. The van der Waals surface area contributed by atoms with Crippen LogP contribution in [0.2, 0.25) is 0 Å². The predicted molar refractivity (Wildman–Crippen MR) is 28.7 cm³/mol. The lowest BCUT2D eigenvalue weighted by atomic mass is 10.2. The molecule has 0 unspecified atom stereocenters. The molecule has 0 saturated carbocycles. The number of halogens is 1. The number of hydrogen-bond acceptors (Lipinski definition) is 3. The average Bonchev–Trinajstić information content (AvgIpc) is 1.87. The predicted octanol–water partition coefficient (Wildman–Crippen LogP) is -0.733. The zero-order valence-electron chi connectivity index (χ0n) is 4.83. The Balaban J connectivity index is 3.44. The van der Waals surface area contributed by atoms with Gasteiger partial charge in [-0.1, -0.05) is 0 Å². The molecule has 4 heteroatoms. The van der Waals surface area contributed by atoms with Gasteiger partial charge in [-0.3, -0.25) is 0 Å². The molecule has 2 N–H and O–H groups in total. The second kappa shape index (κ2) is 4.40. The van der Waals surface area contributed by atoms with E-state index in [0.29, 0.717) is 6.29 Å². The Morgan fingerprint density at radius 1 is 1.44 bits per heavy atom. The Labute approximate surface area is 52.1 Å². The van der Waals surface area contributed by atoms with E-state index in [1.54, 1.807) is 0 Å². The molecule has 0 fully saturated rings. The fraction of sp³-hybridized carbons (Fsp3) is 0.800. The van der Waals surface area contributed by atoms with E-state index in [1.807, 2.05) is 0 Å². The van der Waals surface area contributed by atoms with Crippen LogP contribution in [0.25, 0.3) is 0 Å². The van der Waals surface area contributed by atoms with Crippen LogP contribution in [-0.4, -0.2) is 35.4 Å². The highest BCUT2D eigenvalue weighted by molar-refractivity contribution is 5.50. The van der Waals surface area contributed by atoms with Gasteiger partial charge in [-0.15, -0.1) is 0 Å². The quantitative estimate of drug-likeness (QED) is 0.501. The molecule has 9 heavy (non-hydrogen) atoms. The number of carbonyl (C=O) groups is 1. The maximum Gasteiger partial charge on any atom is 0.122 e. The summed E-state index contributed by atoms with van der Waals surface area (Å²) in [7, 11) is 0. The minimum Gasteiger partial charge on any atom is -0.390 e. The normalized spacial score (nSPS) is 16.8. The first-order valence-electron chi connectivity index (χ1n) is 2.58. The second-order valence-corrected chi connectivity index (χ2v) is 1.69. The molecule has 0 saturated heterocycles. The second-order valence-electron chi connectivity index (χ2n) is 1.69. The van der Waals surface area contributed by atoms with Crippen LogP contribution in [0.3, 0.4) is 0 Å². The van der Waals surface area contributed by atoms with Crippen LogP contribution in [0.15, 0.2) is 0 Å². The van der Waals surface area contributed by atoms with Gasteiger partial charge >= 0.3 is 0 Å².